The maximum absolute atomic E-state index is 12.7. The van der Waals surface area contributed by atoms with Crippen LogP contribution in [0.3, 0.4) is 0 Å². The van der Waals surface area contributed by atoms with E-state index < -0.39 is 6.85 Å². The van der Waals surface area contributed by atoms with E-state index in [0.717, 1.165) is 49.6 Å². The number of aromatic nitrogens is 4. The summed E-state index contributed by atoms with van der Waals surface area (Å²) >= 11 is 0. The molecule has 0 amide bonds. The number of halogens is 1. The summed E-state index contributed by atoms with van der Waals surface area (Å²) in [4.78, 5) is 14.1. The van der Waals surface area contributed by atoms with E-state index in [4.69, 9.17) is 18.5 Å². The molecular formula is C46H37FIrN4O-2. The Hall–Kier alpha value is -5.49. The van der Waals surface area contributed by atoms with Crippen molar-refractivity contribution in [1.29, 1.82) is 0 Å². The monoisotopic (exact) mass is 876 g/mol. The number of hydrogen-bond donors (Lipinski definition) is 0. The van der Waals surface area contributed by atoms with E-state index in [1.165, 1.54) is 41.2 Å². The summed E-state index contributed by atoms with van der Waals surface area (Å²) in [7, 11) is 0. The summed E-state index contributed by atoms with van der Waals surface area (Å²) in [6.07, 6.45) is 3.22. The first-order valence-electron chi connectivity index (χ1n) is 18.9. The van der Waals surface area contributed by atoms with Crippen LogP contribution in [0.5, 0.6) is 0 Å². The number of furan rings is 1. The summed E-state index contributed by atoms with van der Waals surface area (Å²) in [5.74, 6) is 1.07. The van der Waals surface area contributed by atoms with Crippen LogP contribution < -0.4 is 0 Å². The molecule has 0 unspecified atom stereocenters. The van der Waals surface area contributed by atoms with Crippen LogP contribution in [0, 0.1) is 24.8 Å². The van der Waals surface area contributed by atoms with Crippen LogP contribution in [0.4, 0.5) is 4.39 Å². The summed E-state index contributed by atoms with van der Waals surface area (Å²) in [6.45, 7) is 6.86. The SMILES string of the molecule is CC(C)c1cccc(C(C)C)c1-n1c(-c2[c-]ccc3c2oc2ccccc23)nc2ncc3ccccc3c21.[2H]C([2H])([2H])c1ccc(-c2[c-]cc(F)cc2)nc1.[Ir]. The van der Waals surface area contributed by atoms with Crippen LogP contribution in [-0.2, 0) is 20.1 Å². The standard InChI is InChI=1S/C34H28N3O.C12H9FN.Ir/c1-20(2)23-14-9-15-24(21(3)4)30(23)37-31-25-12-6-5-11-22(25)19-35-33(31)36-34(37)28-17-10-16-27-26-13-7-8-18-29(26)38-32(27)28;1-9-2-7-12(14-8-9)10-3-5-11(13)6-4-10;/h5-16,18-21H,1-4H3;2-3,5-8H,1H3;/q2*-1;/i;1D3;. The van der Waals surface area contributed by atoms with Crippen LogP contribution in [0.1, 0.15) is 60.3 Å². The molecule has 1 radical (unpaired) electrons. The van der Waals surface area contributed by atoms with E-state index in [-0.39, 0.29) is 31.5 Å². The van der Waals surface area contributed by atoms with Crippen molar-refractivity contribution in [2.45, 2.75) is 46.4 Å². The van der Waals surface area contributed by atoms with Gasteiger partial charge >= 0.3 is 0 Å². The molecule has 0 saturated heterocycles. The minimum Gasteiger partial charge on any atom is -0.501 e. The fourth-order valence-electron chi connectivity index (χ4n) is 6.83. The first-order valence-corrected chi connectivity index (χ1v) is 17.4. The van der Waals surface area contributed by atoms with E-state index in [0.29, 0.717) is 28.7 Å². The number of nitrogens with zero attached hydrogens (tertiary/aromatic N) is 4. The van der Waals surface area contributed by atoms with Gasteiger partial charge in [0, 0.05) is 64.3 Å². The molecule has 4 aromatic heterocycles. The van der Waals surface area contributed by atoms with Crippen molar-refractivity contribution in [3.63, 3.8) is 0 Å². The normalized spacial score (nSPS) is 12.5. The van der Waals surface area contributed by atoms with Crippen molar-refractivity contribution in [3.05, 3.63) is 156 Å². The average molecular weight is 876 g/mol. The molecule has 9 aromatic rings. The number of hydrogen-bond acceptors (Lipinski definition) is 4. The molecular weight excluding hydrogens is 836 g/mol. The van der Waals surface area contributed by atoms with Gasteiger partial charge in [-0.1, -0.05) is 111 Å². The number of fused-ring (bicyclic) bond motifs is 6. The van der Waals surface area contributed by atoms with E-state index in [2.05, 4.69) is 104 Å². The molecule has 0 fully saturated rings. The maximum atomic E-state index is 12.7. The number of imidazole rings is 1. The zero-order valence-corrected chi connectivity index (χ0v) is 32.0. The van der Waals surface area contributed by atoms with Crippen molar-refractivity contribution in [3.8, 4) is 28.3 Å². The van der Waals surface area contributed by atoms with Crippen molar-refractivity contribution in [2.24, 2.45) is 0 Å². The Kier molecular flexibility index (Phi) is 9.02. The molecule has 0 aliphatic rings. The predicted molar refractivity (Wildman–Crippen MR) is 209 cm³/mol. The first-order chi connectivity index (χ1) is 26.5. The fraction of sp³-hybridized carbons (Fsp3) is 0.152. The third-order valence-corrected chi connectivity index (χ3v) is 9.34. The molecule has 0 atom stereocenters. The molecule has 5 aromatic carbocycles. The van der Waals surface area contributed by atoms with Gasteiger partial charge in [0.2, 0.25) is 0 Å². The van der Waals surface area contributed by atoms with Gasteiger partial charge in [-0.05, 0) is 47.1 Å². The molecule has 0 saturated carbocycles. The first kappa shape index (κ1) is 32.2. The van der Waals surface area contributed by atoms with Crippen LogP contribution in [0.25, 0.3) is 72.2 Å². The third kappa shape index (κ3) is 6.67. The summed E-state index contributed by atoms with van der Waals surface area (Å²) < 4.78 is 43.1. The van der Waals surface area contributed by atoms with Gasteiger partial charge in [0.1, 0.15) is 5.58 Å². The van der Waals surface area contributed by atoms with Gasteiger partial charge in [-0.15, -0.1) is 48.0 Å². The average Bonchev–Trinajstić information content (AvgIpc) is 3.77. The van der Waals surface area contributed by atoms with Gasteiger partial charge in [-0.2, -0.15) is 0 Å². The second-order valence-corrected chi connectivity index (χ2v) is 13.4. The van der Waals surface area contributed by atoms with Gasteiger partial charge in [0.15, 0.2) is 5.65 Å². The van der Waals surface area contributed by atoms with Crippen molar-refractivity contribution < 1.29 is 33.0 Å². The van der Waals surface area contributed by atoms with Crippen molar-refractivity contribution >= 4 is 43.9 Å². The summed E-state index contributed by atoms with van der Waals surface area (Å²) in [6, 6.07) is 40.7. The van der Waals surface area contributed by atoms with Crippen molar-refractivity contribution in [1.82, 2.24) is 19.5 Å². The van der Waals surface area contributed by atoms with Crippen LogP contribution >= 0.6 is 0 Å². The number of para-hydroxylation sites is 2. The van der Waals surface area contributed by atoms with Crippen LogP contribution in [0.15, 0.2) is 126 Å². The zero-order chi connectivity index (χ0) is 38.4. The minimum absolute atomic E-state index is 0. The van der Waals surface area contributed by atoms with Crippen LogP contribution in [0.2, 0.25) is 0 Å². The Labute approximate surface area is 326 Å². The Morgan fingerprint density at radius 1 is 0.755 bits per heavy atom. The van der Waals surface area contributed by atoms with Crippen molar-refractivity contribution in [2.75, 3.05) is 0 Å². The maximum Gasteiger partial charge on any atom is 0.169 e. The number of rotatable bonds is 5. The Morgan fingerprint density at radius 3 is 2.21 bits per heavy atom. The van der Waals surface area contributed by atoms with Gasteiger partial charge in [-0.25, -0.2) is 4.98 Å². The number of pyridine rings is 2. The largest absolute Gasteiger partial charge is 0.501 e. The van der Waals surface area contributed by atoms with E-state index in [1.54, 1.807) is 12.1 Å². The quantitative estimate of drug-likeness (QED) is 0.162. The minimum atomic E-state index is -2.15. The molecule has 4 heterocycles. The van der Waals surface area contributed by atoms with E-state index in [1.807, 2.05) is 30.5 Å². The Morgan fingerprint density at radius 2 is 1.51 bits per heavy atom. The topological polar surface area (TPSA) is 56.7 Å². The smallest absolute Gasteiger partial charge is 0.169 e. The van der Waals surface area contributed by atoms with Gasteiger partial charge in [0.25, 0.3) is 0 Å². The number of benzene rings is 5. The Balaban J connectivity index is 0.000000225. The van der Waals surface area contributed by atoms with Gasteiger partial charge < -0.3 is 14.0 Å². The third-order valence-electron chi connectivity index (χ3n) is 9.34. The molecule has 0 aliphatic heterocycles. The molecule has 9 rings (SSSR count). The fourth-order valence-corrected chi connectivity index (χ4v) is 6.83. The molecule has 0 N–H and O–H groups in total. The van der Waals surface area contributed by atoms with Gasteiger partial charge in [-0.3, -0.25) is 9.37 Å². The molecule has 7 heteroatoms. The van der Waals surface area contributed by atoms with Crippen LogP contribution in [-0.4, -0.2) is 19.5 Å². The van der Waals surface area contributed by atoms with Gasteiger partial charge in [0.05, 0.1) is 16.9 Å². The van der Waals surface area contributed by atoms with E-state index >= 15 is 0 Å². The zero-order valence-electron chi connectivity index (χ0n) is 32.6. The number of aryl methyl sites for hydroxylation is 1. The Bertz CT molecular complexity index is 2800. The van der Waals surface area contributed by atoms with E-state index in [9.17, 15) is 4.39 Å². The molecule has 5 nitrogen and oxygen atoms in total. The summed E-state index contributed by atoms with van der Waals surface area (Å²) in [5.41, 5.74) is 9.34. The molecule has 265 valence electrons. The molecule has 53 heavy (non-hydrogen) atoms. The molecule has 0 bridgehead atoms. The second kappa shape index (κ2) is 14.9. The summed E-state index contributed by atoms with van der Waals surface area (Å²) in [5, 5.41) is 4.37. The molecule has 0 spiro atoms. The predicted octanol–water partition coefficient (Wildman–Crippen LogP) is 12.2. The second-order valence-electron chi connectivity index (χ2n) is 13.4. The molecule has 0 aliphatic carbocycles.